The molecule has 1 unspecified atom stereocenters. The molecule has 0 bridgehead atoms. The number of benzene rings is 2. The van der Waals surface area contributed by atoms with Gasteiger partial charge in [0.15, 0.2) is 0 Å². The summed E-state index contributed by atoms with van der Waals surface area (Å²) in [7, 11) is 2.31. The summed E-state index contributed by atoms with van der Waals surface area (Å²) < 4.78 is 17.9. The van der Waals surface area contributed by atoms with Gasteiger partial charge in [0.05, 0.1) is 33.6 Å². The number of nitrogens with one attached hydrogen (secondary N) is 1. The van der Waals surface area contributed by atoms with E-state index < -0.39 is 10.8 Å². The molecule has 2 aromatic rings. The Hall–Kier alpha value is -1.36. The van der Waals surface area contributed by atoms with Gasteiger partial charge >= 0.3 is 0 Å². The Morgan fingerprint density at radius 2 is 2.00 bits per heavy atom. The summed E-state index contributed by atoms with van der Waals surface area (Å²) >= 11 is 6.11. The van der Waals surface area contributed by atoms with E-state index in [4.69, 9.17) is 16.3 Å². The van der Waals surface area contributed by atoms with Crippen molar-refractivity contribution in [2.24, 2.45) is 0 Å². The van der Waals surface area contributed by atoms with E-state index in [1.54, 1.807) is 19.2 Å². The summed E-state index contributed by atoms with van der Waals surface area (Å²) in [6.45, 7) is 0.760. The average molecular weight is 324 g/mol. The van der Waals surface area contributed by atoms with Crippen LogP contribution >= 0.6 is 11.6 Å². The second-order valence-electron chi connectivity index (χ2n) is 4.60. The Balaban J connectivity index is 2.27. The Labute approximate surface area is 132 Å². The van der Waals surface area contributed by atoms with Gasteiger partial charge in [-0.3, -0.25) is 4.21 Å². The molecule has 112 valence electrons. The molecule has 5 heteroatoms. The van der Waals surface area contributed by atoms with Crippen LogP contribution in [0.15, 0.2) is 47.4 Å². The number of hydrogen-bond donors (Lipinski definition) is 1. The molecule has 0 radical (unpaired) electrons. The lowest BCUT2D eigenvalue weighted by Gasteiger charge is -2.11. The third kappa shape index (κ3) is 4.06. The summed E-state index contributed by atoms with van der Waals surface area (Å²) in [5, 5.41) is 3.63. The molecule has 3 nitrogen and oxygen atoms in total. The Bertz CT molecular complexity index is 646. The number of rotatable bonds is 6. The van der Waals surface area contributed by atoms with Crippen LogP contribution < -0.4 is 10.1 Å². The third-order valence-electron chi connectivity index (χ3n) is 3.09. The van der Waals surface area contributed by atoms with Crippen molar-refractivity contribution in [3.63, 3.8) is 0 Å². The molecule has 1 atom stereocenters. The van der Waals surface area contributed by atoms with Crippen LogP contribution in [0.4, 0.5) is 0 Å². The average Bonchev–Trinajstić information content (AvgIpc) is 2.48. The van der Waals surface area contributed by atoms with Crippen molar-refractivity contribution in [3.05, 3.63) is 58.6 Å². The Kier molecular flexibility index (Phi) is 5.79. The molecule has 0 fully saturated rings. The zero-order valence-electron chi connectivity index (χ0n) is 12.1. The van der Waals surface area contributed by atoms with Crippen LogP contribution in [0, 0.1) is 0 Å². The molecule has 0 saturated carbocycles. The molecule has 0 aliphatic heterocycles. The van der Waals surface area contributed by atoms with E-state index in [0.717, 1.165) is 23.4 Å². The van der Waals surface area contributed by atoms with E-state index in [9.17, 15) is 4.21 Å². The van der Waals surface area contributed by atoms with Crippen LogP contribution in [0.3, 0.4) is 0 Å². The molecular formula is C16H18ClNO2S. The van der Waals surface area contributed by atoms with Gasteiger partial charge in [-0.05, 0) is 36.9 Å². The Morgan fingerprint density at radius 1 is 1.24 bits per heavy atom. The van der Waals surface area contributed by atoms with Crippen molar-refractivity contribution in [3.8, 4) is 5.75 Å². The minimum Gasteiger partial charge on any atom is -0.496 e. The standard InChI is InChI=1S/C16H18ClNO2S/c1-18-10-12-7-8-15(20-2)13(9-12)11-21(19)16-6-4-3-5-14(16)17/h3-9,18H,10-11H2,1-2H3. The predicted octanol–water partition coefficient (Wildman–Crippen LogP) is 3.38. The summed E-state index contributed by atoms with van der Waals surface area (Å²) in [5.74, 6) is 1.13. The monoisotopic (exact) mass is 323 g/mol. The molecule has 0 saturated heterocycles. The second-order valence-corrected chi connectivity index (χ2v) is 6.42. The van der Waals surface area contributed by atoms with Crippen molar-refractivity contribution in [1.82, 2.24) is 5.32 Å². The van der Waals surface area contributed by atoms with Crippen LogP contribution in [-0.2, 0) is 23.1 Å². The highest BCUT2D eigenvalue weighted by atomic mass is 35.5. The quantitative estimate of drug-likeness (QED) is 0.885. The molecule has 0 aliphatic rings. The maximum Gasteiger partial charge on any atom is 0.123 e. The molecule has 0 heterocycles. The highest BCUT2D eigenvalue weighted by Crippen LogP contribution is 2.26. The van der Waals surface area contributed by atoms with E-state index in [-0.39, 0.29) is 0 Å². The van der Waals surface area contributed by atoms with Crippen LogP contribution in [0.25, 0.3) is 0 Å². The minimum atomic E-state index is -1.20. The zero-order chi connectivity index (χ0) is 15.2. The molecule has 2 rings (SSSR count). The highest BCUT2D eigenvalue weighted by Gasteiger charge is 2.12. The molecule has 2 aromatic carbocycles. The van der Waals surface area contributed by atoms with Gasteiger partial charge in [-0.2, -0.15) is 0 Å². The van der Waals surface area contributed by atoms with Crippen LogP contribution in [-0.4, -0.2) is 18.4 Å². The van der Waals surface area contributed by atoms with Gasteiger partial charge < -0.3 is 10.1 Å². The summed E-state index contributed by atoms with van der Waals surface area (Å²) in [4.78, 5) is 0.653. The number of hydrogen-bond acceptors (Lipinski definition) is 3. The number of halogens is 1. The summed E-state index contributed by atoms with van der Waals surface area (Å²) in [5.41, 5.74) is 2.05. The maximum atomic E-state index is 12.5. The first-order valence-electron chi connectivity index (χ1n) is 6.59. The van der Waals surface area contributed by atoms with Crippen LogP contribution in [0.2, 0.25) is 5.02 Å². The van der Waals surface area contributed by atoms with Crippen molar-refractivity contribution in [2.75, 3.05) is 14.2 Å². The van der Waals surface area contributed by atoms with Gasteiger partial charge in [-0.25, -0.2) is 0 Å². The fourth-order valence-electron chi connectivity index (χ4n) is 2.11. The lowest BCUT2D eigenvalue weighted by atomic mass is 10.1. The van der Waals surface area contributed by atoms with E-state index in [1.807, 2.05) is 37.4 Å². The fourth-order valence-corrected chi connectivity index (χ4v) is 3.68. The first kappa shape index (κ1) is 16.0. The van der Waals surface area contributed by atoms with E-state index in [2.05, 4.69) is 5.32 Å². The molecule has 0 aliphatic carbocycles. The molecule has 21 heavy (non-hydrogen) atoms. The van der Waals surface area contributed by atoms with Crippen LogP contribution in [0.5, 0.6) is 5.75 Å². The van der Waals surface area contributed by atoms with Gasteiger partial charge in [-0.1, -0.05) is 29.8 Å². The van der Waals surface area contributed by atoms with E-state index >= 15 is 0 Å². The first-order chi connectivity index (χ1) is 10.2. The summed E-state index contributed by atoms with van der Waals surface area (Å²) in [6, 6.07) is 13.1. The second kappa shape index (κ2) is 7.59. The minimum absolute atomic E-state index is 0.379. The lowest BCUT2D eigenvalue weighted by molar-refractivity contribution is 0.411. The zero-order valence-corrected chi connectivity index (χ0v) is 13.6. The molecule has 0 amide bonds. The highest BCUT2D eigenvalue weighted by molar-refractivity contribution is 7.84. The van der Waals surface area contributed by atoms with Gasteiger partial charge in [-0.15, -0.1) is 0 Å². The van der Waals surface area contributed by atoms with Gasteiger partial charge in [0.2, 0.25) is 0 Å². The fraction of sp³-hybridized carbons (Fsp3) is 0.250. The predicted molar refractivity (Wildman–Crippen MR) is 87.3 cm³/mol. The largest absolute Gasteiger partial charge is 0.496 e. The molecular weight excluding hydrogens is 306 g/mol. The number of methoxy groups -OCH3 is 1. The van der Waals surface area contributed by atoms with Crippen LogP contribution in [0.1, 0.15) is 11.1 Å². The Morgan fingerprint density at radius 3 is 2.67 bits per heavy atom. The maximum absolute atomic E-state index is 12.5. The van der Waals surface area contributed by atoms with E-state index in [0.29, 0.717) is 15.7 Å². The third-order valence-corrected chi connectivity index (χ3v) is 4.96. The summed E-state index contributed by atoms with van der Waals surface area (Å²) in [6.07, 6.45) is 0. The van der Waals surface area contributed by atoms with Gasteiger partial charge in [0.25, 0.3) is 0 Å². The molecule has 1 N–H and O–H groups in total. The van der Waals surface area contributed by atoms with Crippen molar-refractivity contribution in [1.29, 1.82) is 0 Å². The first-order valence-corrected chi connectivity index (χ1v) is 8.28. The smallest absolute Gasteiger partial charge is 0.123 e. The SMILES string of the molecule is CNCc1ccc(OC)c(CS(=O)c2ccccc2Cl)c1. The van der Waals surface area contributed by atoms with Gasteiger partial charge in [0, 0.05) is 12.1 Å². The van der Waals surface area contributed by atoms with Gasteiger partial charge in [0.1, 0.15) is 5.75 Å². The van der Waals surface area contributed by atoms with Crippen molar-refractivity contribution >= 4 is 22.4 Å². The van der Waals surface area contributed by atoms with E-state index in [1.165, 1.54) is 0 Å². The number of ether oxygens (including phenoxy) is 1. The lowest BCUT2D eigenvalue weighted by Crippen LogP contribution is -2.06. The molecule has 0 spiro atoms. The molecule has 0 aromatic heterocycles. The normalized spacial score (nSPS) is 12.1. The van der Waals surface area contributed by atoms with Crippen molar-refractivity contribution in [2.45, 2.75) is 17.2 Å². The topological polar surface area (TPSA) is 38.3 Å². The van der Waals surface area contributed by atoms with Crippen molar-refractivity contribution < 1.29 is 8.95 Å².